The SMILES string of the molecule is Cc1ccc(S(=O)(=O)N(CC(=O)N2CC(C(=O)NCc3ccccc3)Oc3ccccc32)Cc2ccc(F)cc2)cc1. The minimum absolute atomic E-state index is 0.0311. The van der Waals surface area contributed by atoms with Crippen LogP contribution < -0.4 is 15.0 Å². The highest BCUT2D eigenvalue weighted by Crippen LogP contribution is 2.33. The first-order valence-corrected chi connectivity index (χ1v) is 14.8. The van der Waals surface area contributed by atoms with Crippen molar-refractivity contribution in [3.05, 3.63) is 126 Å². The molecule has 1 unspecified atom stereocenters. The molecule has 0 bridgehead atoms. The molecule has 0 aromatic heterocycles. The molecule has 4 aromatic rings. The van der Waals surface area contributed by atoms with Crippen LogP contribution in [0.2, 0.25) is 0 Å². The van der Waals surface area contributed by atoms with Gasteiger partial charge in [0.2, 0.25) is 15.9 Å². The van der Waals surface area contributed by atoms with Crippen molar-refractivity contribution in [3.63, 3.8) is 0 Å². The number of benzene rings is 4. The molecule has 0 aliphatic carbocycles. The monoisotopic (exact) mass is 587 g/mol. The maximum Gasteiger partial charge on any atom is 0.263 e. The van der Waals surface area contributed by atoms with Crippen LogP contribution in [-0.4, -0.2) is 43.7 Å². The lowest BCUT2D eigenvalue weighted by Crippen LogP contribution is -2.52. The number of halogens is 1. The highest BCUT2D eigenvalue weighted by Gasteiger charge is 2.36. The zero-order chi connectivity index (χ0) is 29.7. The molecular formula is C32H30FN3O5S. The molecule has 1 aliphatic rings. The Morgan fingerprint density at radius 1 is 0.905 bits per heavy atom. The van der Waals surface area contributed by atoms with Crippen molar-refractivity contribution >= 4 is 27.5 Å². The van der Waals surface area contributed by atoms with Crippen LogP contribution in [0.25, 0.3) is 0 Å². The Morgan fingerprint density at radius 2 is 1.57 bits per heavy atom. The molecule has 2 amide bonds. The van der Waals surface area contributed by atoms with Crippen molar-refractivity contribution in [2.24, 2.45) is 0 Å². The van der Waals surface area contributed by atoms with Gasteiger partial charge in [0.05, 0.1) is 23.7 Å². The number of ether oxygens (including phenoxy) is 1. The molecule has 8 nitrogen and oxygen atoms in total. The third-order valence-electron chi connectivity index (χ3n) is 6.92. The zero-order valence-corrected chi connectivity index (χ0v) is 23.8. The summed E-state index contributed by atoms with van der Waals surface area (Å²) in [5, 5.41) is 2.85. The lowest BCUT2D eigenvalue weighted by atomic mass is 10.1. The van der Waals surface area contributed by atoms with Crippen molar-refractivity contribution in [1.29, 1.82) is 0 Å². The van der Waals surface area contributed by atoms with Crippen molar-refractivity contribution in [2.75, 3.05) is 18.0 Å². The van der Waals surface area contributed by atoms with Crippen LogP contribution >= 0.6 is 0 Å². The van der Waals surface area contributed by atoms with Crippen LogP contribution in [0.1, 0.15) is 16.7 Å². The van der Waals surface area contributed by atoms with E-state index >= 15 is 0 Å². The summed E-state index contributed by atoms with van der Waals surface area (Å²) in [4.78, 5) is 28.4. The molecule has 5 rings (SSSR count). The maximum atomic E-state index is 13.9. The van der Waals surface area contributed by atoms with Crippen molar-refractivity contribution in [3.8, 4) is 5.75 Å². The van der Waals surface area contributed by atoms with Crippen LogP contribution in [0.3, 0.4) is 0 Å². The summed E-state index contributed by atoms with van der Waals surface area (Å²) in [5.41, 5.74) is 2.74. The van der Waals surface area contributed by atoms with Gasteiger partial charge in [-0.15, -0.1) is 0 Å². The molecule has 1 N–H and O–H groups in total. The molecule has 10 heteroatoms. The lowest BCUT2D eigenvalue weighted by Gasteiger charge is -2.35. The average Bonchev–Trinajstić information content (AvgIpc) is 3.00. The predicted octanol–water partition coefficient (Wildman–Crippen LogP) is 4.44. The number of anilines is 1. The van der Waals surface area contributed by atoms with E-state index < -0.39 is 40.3 Å². The molecular weight excluding hydrogens is 557 g/mol. The lowest BCUT2D eigenvalue weighted by molar-refractivity contribution is -0.128. The van der Waals surface area contributed by atoms with Crippen LogP contribution in [0.15, 0.2) is 108 Å². The summed E-state index contributed by atoms with van der Waals surface area (Å²) in [5.74, 6) is -1.06. The topological polar surface area (TPSA) is 96.0 Å². The van der Waals surface area contributed by atoms with Gasteiger partial charge in [-0.2, -0.15) is 4.31 Å². The molecule has 1 aliphatic heterocycles. The molecule has 4 aromatic carbocycles. The Morgan fingerprint density at radius 3 is 2.29 bits per heavy atom. The number of nitrogens with one attached hydrogen (secondary N) is 1. The molecule has 0 saturated carbocycles. The number of sulfonamides is 1. The highest BCUT2D eigenvalue weighted by atomic mass is 32.2. The van der Waals surface area contributed by atoms with E-state index in [4.69, 9.17) is 4.74 Å². The summed E-state index contributed by atoms with van der Waals surface area (Å²) in [7, 11) is -4.12. The minimum atomic E-state index is -4.12. The quantitative estimate of drug-likeness (QED) is 0.313. The Labute approximate surface area is 244 Å². The van der Waals surface area contributed by atoms with E-state index in [0.717, 1.165) is 15.4 Å². The Kier molecular flexibility index (Phi) is 8.65. The van der Waals surface area contributed by atoms with E-state index in [0.29, 0.717) is 17.0 Å². The number of amides is 2. The molecule has 1 atom stereocenters. The van der Waals surface area contributed by atoms with Gasteiger partial charge in [-0.05, 0) is 54.4 Å². The number of carbonyl (C=O) groups excluding carboxylic acids is 2. The van der Waals surface area contributed by atoms with Crippen LogP contribution in [0.4, 0.5) is 10.1 Å². The zero-order valence-electron chi connectivity index (χ0n) is 22.9. The van der Waals surface area contributed by atoms with Crippen LogP contribution in [0.5, 0.6) is 5.75 Å². The van der Waals surface area contributed by atoms with Crippen molar-refractivity contribution in [1.82, 2.24) is 9.62 Å². The van der Waals surface area contributed by atoms with Gasteiger partial charge in [0.25, 0.3) is 5.91 Å². The summed E-state index contributed by atoms with van der Waals surface area (Å²) in [6.45, 7) is 1.36. The first-order chi connectivity index (χ1) is 20.2. The third kappa shape index (κ3) is 6.67. The largest absolute Gasteiger partial charge is 0.477 e. The molecule has 0 saturated heterocycles. The number of hydrogen-bond acceptors (Lipinski definition) is 5. The first-order valence-electron chi connectivity index (χ1n) is 13.4. The normalized spacial score (nSPS) is 14.6. The van der Waals surface area contributed by atoms with Crippen molar-refractivity contribution < 1.29 is 27.1 Å². The number of rotatable bonds is 9. The number of nitrogens with zero attached hydrogens (tertiary/aromatic N) is 2. The number of carbonyl (C=O) groups is 2. The van der Waals surface area contributed by atoms with Gasteiger partial charge < -0.3 is 15.0 Å². The van der Waals surface area contributed by atoms with Gasteiger partial charge >= 0.3 is 0 Å². The molecule has 0 spiro atoms. The number of para-hydroxylation sites is 2. The Bertz CT molecular complexity index is 1660. The third-order valence-corrected chi connectivity index (χ3v) is 8.73. The molecule has 42 heavy (non-hydrogen) atoms. The predicted molar refractivity (Wildman–Crippen MR) is 157 cm³/mol. The fraction of sp³-hybridized carbons (Fsp3) is 0.188. The summed E-state index contributed by atoms with van der Waals surface area (Å²) in [6, 6.07) is 28.0. The smallest absolute Gasteiger partial charge is 0.263 e. The van der Waals surface area contributed by atoms with E-state index in [1.165, 1.54) is 41.3 Å². The van der Waals surface area contributed by atoms with Gasteiger partial charge in [-0.25, -0.2) is 12.8 Å². The number of aryl methyl sites for hydroxylation is 1. The fourth-order valence-corrected chi connectivity index (χ4v) is 6.00. The van der Waals surface area contributed by atoms with Gasteiger partial charge in [-0.1, -0.05) is 72.3 Å². The summed E-state index contributed by atoms with van der Waals surface area (Å²) < 4.78 is 48.1. The maximum absolute atomic E-state index is 13.9. The van der Waals surface area contributed by atoms with Gasteiger partial charge in [0, 0.05) is 13.1 Å². The Hall–Kier alpha value is -4.54. The van der Waals surface area contributed by atoms with Crippen molar-refractivity contribution in [2.45, 2.75) is 31.0 Å². The molecule has 0 radical (unpaired) electrons. The summed E-state index contributed by atoms with van der Waals surface area (Å²) >= 11 is 0. The van der Waals surface area contributed by atoms with Crippen LogP contribution in [0, 0.1) is 12.7 Å². The molecule has 216 valence electrons. The molecule has 1 heterocycles. The number of hydrogen-bond donors (Lipinski definition) is 1. The first kappa shape index (κ1) is 29.0. The van der Waals surface area contributed by atoms with Gasteiger partial charge in [-0.3, -0.25) is 9.59 Å². The fourth-order valence-electron chi connectivity index (χ4n) is 4.62. The Balaban J connectivity index is 1.40. The molecule has 0 fully saturated rings. The second-order valence-corrected chi connectivity index (χ2v) is 11.9. The second kappa shape index (κ2) is 12.5. The van der Waals surface area contributed by atoms with E-state index in [1.807, 2.05) is 37.3 Å². The standard InChI is InChI=1S/C32H30FN3O5S/c1-23-11-17-27(18-12-23)42(39,40)35(20-25-13-15-26(33)16-14-25)22-31(37)36-21-30(41-29-10-6-5-9-28(29)36)32(38)34-19-24-7-3-2-4-8-24/h2-18,30H,19-22H2,1H3,(H,34,38). The summed E-state index contributed by atoms with van der Waals surface area (Å²) in [6.07, 6.45) is -1.01. The highest BCUT2D eigenvalue weighted by molar-refractivity contribution is 7.89. The van der Waals surface area contributed by atoms with E-state index in [9.17, 15) is 22.4 Å². The number of fused-ring (bicyclic) bond motifs is 1. The van der Waals surface area contributed by atoms with Crippen LogP contribution in [-0.2, 0) is 32.7 Å². The minimum Gasteiger partial charge on any atom is -0.477 e. The second-order valence-electron chi connectivity index (χ2n) is 9.99. The van der Waals surface area contributed by atoms with E-state index in [-0.39, 0.29) is 24.5 Å². The van der Waals surface area contributed by atoms with E-state index in [2.05, 4.69) is 5.32 Å². The van der Waals surface area contributed by atoms with E-state index in [1.54, 1.807) is 36.4 Å². The van der Waals surface area contributed by atoms with Gasteiger partial charge in [0.15, 0.2) is 6.10 Å². The van der Waals surface area contributed by atoms with Gasteiger partial charge in [0.1, 0.15) is 11.6 Å². The average molecular weight is 588 g/mol.